The average molecular weight is 251 g/mol. The molecule has 0 aromatic rings. The molecular formula is C8H13NO4S2. The fourth-order valence-corrected chi connectivity index (χ4v) is 2.74. The number of carbonyl (C=O) groups is 2. The molecule has 0 bridgehead atoms. The van der Waals surface area contributed by atoms with Crippen LogP contribution in [0.5, 0.6) is 0 Å². The van der Waals surface area contributed by atoms with Crippen LogP contribution in [-0.2, 0) is 9.59 Å². The van der Waals surface area contributed by atoms with E-state index in [9.17, 15) is 14.7 Å². The first-order chi connectivity index (χ1) is 7.09. The highest BCUT2D eigenvalue weighted by atomic mass is 32.2. The maximum absolute atomic E-state index is 11.2. The molecule has 1 aliphatic heterocycles. The minimum absolute atomic E-state index is 0.0356. The highest BCUT2D eigenvalue weighted by Crippen LogP contribution is 2.19. The van der Waals surface area contributed by atoms with Gasteiger partial charge < -0.3 is 10.2 Å². The molecule has 86 valence electrons. The lowest BCUT2D eigenvalue weighted by Gasteiger charge is -2.15. The molecule has 0 amide bonds. The van der Waals surface area contributed by atoms with Crippen LogP contribution >= 0.6 is 23.5 Å². The number of aliphatic carboxylic acids is 1. The molecule has 0 aromatic carbocycles. The van der Waals surface area contributed by atoms with E-state index in [4.69, 9.17) is 5.11 Å². The number of hydrogen-bond donors (Lipinski definition) is 3. The van der Waals surface area contributed by atoms with Crippen molar-refractivity contribution in [3.8, 4) is 0 Å². The molecule has 5 nitrogen and oxygen atoms in total. The normalized spacial score (nSPS) is 23.0. The van der Waals surface area contributed by atoms with Crippen molar-refractivity contribution in [1.29, 1.82) is 0 Å². The zero-order valence-electron chi connectivity index (χ0n) is 8.01. The largest absolute Gasteiger partial charge is 0.481 e. The van der Waals surface area contributed by atoms with Crippen LogP contribution in [0.3, 0.4) is 0 Å². The topological polar surface area (TPSA) is 86.6 Å². The van der Waals surface area contributed by atoms with E-state index < -0.39 is 12.2 Å². The molecule has 1 heterocycles. The summed E-state index contributed by atoms with van der Waals surface area (Å²) in [5.41, 5.74) is 0. The molecule has 15 heavy (non-hydrogen) atoms. The van der Waals surface area contributed by atoms with Crippen molar-refractivity contribution in [2.75, 3.05) is 17.3 Å². The zero-order valence-corrected chi connectivity index (χ0v) is 9.64. The standard InChI is InChI=1S/C8H13NO4S2/c10-6(3-14-4-7(11)12)9-5-1-2-15-8(5)13/h5-6,9-10H,1-4H2,(H,11,12). The molecule has 1 saturated heterocycles. The third-order valence-electron chi connectivity index (χ3n) is 1.83. The number of rotatable bonds is 6. The summed E-state index contributed by atoms with van der Waals surface area (Å²) in [7, 11) is 0. The van der Waals surface area contributed by atoms with Gasteiger partial charge in [-0.2, -0.15) is 0 Å². The lowest BCUT2D eigenvalue weighted by molar-refractivity contribution is -0.133. The van der Waals surface area contributed by atoms with Crippen LogP contribution in [0.4, 0.5) is 0 Å². The monoisotopic (exact) mass is 251 g/mol. The molecular weight excluding hydrogens is 238 g/mol. The van der Waals surface area contributed by atoms with Crippen molar-refractivity contribution in [2.45, 2.75) is 18.7 Å². The van der Waals surface area contributed by atoms with E-state index in [1.54, 1.807) is 0 Å². The second kappa shape index (κ2) is 6.37. The van der Waals surface area contributed by atoms with E-state index in [0.717, 1.165) is 23.9 Å². The molecule has 2 atom stereocenters. The van der Waals surface area contributed by atoms with Crippen molar-refractivity contribution in [3.63, 3.8) is 0 Å². The first-order valence-corrected chi connectivity index (χ1v) is 6.64. The molecule has 0 spiro atoms. The first-order valence-electron chi connectivity index (χ1n) is 4.50. The third kappa shape index (κ3) is 4.87. The first kappa shape index (κ1) is 12.8. The second-order valence-corrected chi connectivity index (χ2v) is 5.23. The minimum Gasteiger partial charge on any atom is -0.481 e. The fourth-order valence-electron chi connectivity index (χ4n) is 1.19. The number of hydrogen-bond acceptors (Lipinski definition) is 6. The summed E-state index contributed by atoms with van der Waals surface area (Å²) in [6.45, 7) is 0. The Morgan fingerprint density at radius 3 is 3.00 bits per heavy atom. The summed E-state index contributed by atoms with van der Waals surface area (Å²) in [4.78, 5) is 21.4. The SMILES string of the molecule is O=C(O)CSCC(O)NC1CCSC1=O. The second-order valence-electron chi connectivity index (χ2n) is 3.10. The summed E-state index contributed by atoms with van der Waals surface area (Å²) in [6, 6.07) is -0.282. The summed E-state index contributed by atoms with van der Waals surface area (Å²) in [6.07, 6.45) is -0.0912. The Labute approximate surface area is 96.0 Å². The predicted octanol–water partition coefficient (Wildman–Crippen LogP) is -0.256. The van der Waals surface area contributed by atoms with Crippen molar-refractivity contribution in [3.05, 3.63) is 0 Å². The summed E-state index contributed by atoms with van der Waals surface area (Å²) in [5.74, 6) is 0.123. The number of carbonyl (C=O) groups excluding carboxylic acids is 1. The van der Waals surface area contributed by atoms with Gasteiger partial charge >= 0.3 is 5.97 Å². The quantitative estimate of drug-likeness (QED) is 0.561. The number of thioether (sulfide) groups is 2. The highest BCUT2D eigenvalue weighted by molar-refractivity contribution is 8.14. The molecule has 3 N–H and O–H groups in total. The van der Waals surface area contributed by atoms with Crippen LogP contribution in [0.15, 0.2) is 0 Å². The van der Waals surface area contributed by atoms with E-state index in [-0.39, 0.29) is 22.7 Å². The number of carboxylic acids is 1. The summed E-state index contributed by atoms with van der Waals surface area (Å²) >= 11 is 2.39. The smallest absolute Gasteiger partial charge is 0.313 e. The van der Waals surface area contributed by atoms with Gasteiger partial charge in [-0.1, -0.05) is 11.8 Å². The Hall–Kier alpha value is -0.240. The van der Waals surface area contributed by atoms with E-state index >= 15 is 0 Å². The van der Waals surface area contributed by atoms with Crippen LogP contribution < -0.4 is 5.32 Å². The molecule has 0 saturated carbocycles. The Balaban J connectivity index is 2.15. The van der Waals surface area contributed by atoms with Crippen LogP contribution in [0.25, 0.3) is 0 Å². The lowest BCUT2D eigenvalue weighted by atomic mass is 10.2. The van der Waals surface area contributed by atoms with Crippen molar-refractivity contribution in [2.24, 2.45) is 0 Å². The Morgan fingerprint density at radius 1 is 1.73 bits per heavy atom. The predicted molar refractivity (Wildman–Crippen MR) is 60.0 cm³/mol. The van der Waals surface area contributed by atoms with Gasteiger partial charge in [-0.25, -0.2) is 0 Å². The van der Waals surface area contributed by atoms with Gasteiger partial charge in [0.15, 0.2) is 0 Å². The van der Waals surface area contributed by atoms with Gasteiger partial charge in [-0.05, 0) is 6.42 Å². The zero-order chi connectivity index (χ0) is 11.3. The van der Waals surface area contributed by atoms with E-state index in [2.05, 4.69) is 5.32 Å². The Kier molecular flexibility index (Phi) is 5.44. The van der Waals surface area contributed by atoms with Crippen LogP contribution in [0, 0.1) is 0 Å². The number of aliphatic hydroxyl groups excluding tert-OH is 1. The molecule has 7 heteroatoms. The van der Waals surface area contributed by atoms with Gasteiger partial charge in [0.05, 0.1) is 11.8 Å². The molecule has 0 radical (unpaired) electrons. The molecule has 1 rings (SSSR count). The summed E-state index contributed by atoms with van der Waals surface area (Å²) in [5, 5.41) is 20.7. The molecule has 0 aliphatic carbocycles. The van der Waals surface area contributed by atoms with Crippen LogP contribution in [0.2, 0.25) is 0 Å². The van der Waals surface area contributed by atoms with E-state index in [0.29, 0.717) is 0 Å². The Bertz CT molecular complexity index is 249. The molecule has 2 unspecified atom stereocenters. The maximum Gasteiger partial charge on any atom is 0.313 e. The molecule has 0 aromatic heterocycles. The molecule has 1 aliphatic rings. The average Bonchev–Trinajstić information content (AvgIpc) is 2.51. The van der Waals surface area contributed by atoms with Crippen molar-refractivity contribution in [1.82, 2.24) is 5.32 Å². The molecule has 1 fully saturated rings. The third-order valence-corrected chi connectivity index (χ3v) is 3.84. The lowest BCUT2D eigenvalue weighted by Crippen LogP contribution is -2.41. The summed E-state index contributed by atoms with van der Waals surface area (Å²) < 4.78 is 0. The van der Waals surface area contributed by atoms with E-state index in [1.165, 1.54) is 11.8 Å². The number of carboxylic acid groups (broad SMARTS) is 1. The minimum atomic E-state index is -0.903. The fraction of sp³-hybridized carbons (Fsp3) is 0.750. The van der Waals surface area contributed by atoms with Crippen LogP contribution in [-0.4, -0.2) is 50.8 Å². The maximum atomic E-state index is 11.2. The Morgan fingerprint density at radius 2 is 2.47 bits per heavy atom. The van der Waals surface area contributed by atoms with Gasteiger partial charge in [0, 0.05) is 11.5 Å². The van der Waals surface area contributed by atoms with Crippen molar-refractivity contribution < 1.29 is 19.8 Å². The van der Waals surface area contributed by atoms with Crippen molar-refractivity contribution >= 4 is 34.6 Å². The van der Waals surface area contributed by atoms with Gasteiger partial charge in [0.2, 0.25) is 5.12 Å². The van der Waals surface area contributed by atoms with Gasteiger partial charge in [0.25, 0.3) is 0 Å². The van der Waals surface area contributed by atoms with Gasteiger partial charge in [0.1, 0.15) is 6.23 Å². The highest BCUT2D eigenvalue weighted by Gasteiger charge is 2.26. The van der Waals surface area contributed by atoms with Crippen LogP contribution in [0.1, 0.15) is 6.42 Å². The number of aliphatic hydroxyl groups is 1. The van der Waals surface area contributed by atoms with Gasteiger partial charge in [-0.15, -0.1) is 11.8 Å². The van der Waals surface area contributed by atoms with E-state index in [1.807, 2.05) is 0 Å². The number of nitrogens with one attached hydrogen (secondary N) is 1. The van der Waals surface area contributed by atoms with Gasteiger partial charge in [-0.3, -0.25) is 14.9 Å².